The van der Waals surface area contributed by atoms with Crippen molar-refractivity contribution in [2.75, 3.05) is 11.4 Å². The van der Waals surface area contributed by atoms with Crippen LogP contribution in [-0.4, -0.2) is 17.4 Å². The summed E-state index contributed by atoms with van der Waals surface area (Å²) in [5.74, 6) is 0.711. The zero-order valence-electron chi connectivity index (χ0n) is 19.7. The van der Waals surface area contributed by atoms with E-state index in [4.69, 9.17) is 4.98 Å². The van der Waals surface area contributed by atoms with E-state index in [0.29, 0.717) is 18.0 Å². The summed E-state index contributed by atoms with van der Waals surface area (Å²) < 4.78 is 0. The van der Waals surface area contributed by atoms with Crippen LogP contribution in [0.4, 0.5) is 5.13 Å². The Labute approximate surface area is 196 Å². The van der Waals surface area contributed by atoms with Gasteiger partial charge in [0.15, 0.2) is 5.13 Å². The first-order chi connectivity index (χ1) is 15.4. The third-order valence-corrected chi connectivity index (χ3v) is 7.43. The summed E-state index contributed by atoms with van der Waals surface area (Å²) in [6.45, 7) is 9.14. The number of carbonyl (C=O) groups excluding carboxylic acids is 1. The van der Waals surface area contributed by atoms with Gasteiger partial charge in [0.2, 0.25) is 0 Å². The van der Waals surface area contributed by atoms with E-state index in [1.807, 2.05) is 19.1 Å². The predicted molar refractivity (Wildman–Crippen MR) is 136 cm³/mol. The lowest BCUT2D eigenvalue weighted by Crippen LogP contribution is -2.30. The van der Waals surface area contributed by atoms with Gasteiger partial charge in [0.25, 0.3) is 5.91 Å². The van der Waals surface area contributed by atoms with Gasteiger partial charge in [-0.3, -0.25) is 9.69 Å². The van der Waals surface area contributed by atoms with E-state index in [2.05, 4.69) is 62.5 Å². The molecule has 1 heterocycles. The van der Waals surface area contributed by atoms with E-state index in [0.717, 1.165) is 16.4 Å². The van der Waals surface area contributed by atoms with E-state index < -0.39 is 0 Å². The van der Waals surface area contributed by atoms with Crippen molar-refractivity contribution in [3.05, 3.63) is 70.6 Å². The third-order valence-electron chi connectivity index (χ3n) is 6.57. The van der Waals surface area contributed by atoms with Gasteiger partial charge in [0.1, 0.15) is 0 Å². The van der Waals surface area contributed by atoms with E-state index >= 15 is 0 Å². The lowest BCUT2D eigenvalue weighted by atomic mass is 9.84. The summed E-state index contributed by atoms with van der Waals surface area (Å²) in [7, 11) is 0. The molecule has 1 fully saturated rings. The van der Waals surface area contributed by atoms with Crippen molar-refractivity contribution < 1.29 is 4.79 Å². The van der Waals surface area contributed by atoms with Crippen LogP contribution in [0.2, 0.25) is 0 Å². The van der Waals surface area contributed by atoms with Gasteiger partial charge in [0, 0.05) is 23.1 Å². The summed E-state index contributed by atoms with van der Waals surface area (Å²) in [6, 6.07) is 16.9. The SMILES string of the molecule is CCN(C(=O)c1ccc(C(C)(C)C)cc1)c1nc(-c2ccc(C3CCCCC3)cc2)cs1. The van der Waals surface area contributed by atoms with E-state index in [9.17, 15) is 4.79 Å². The first kappa shape index (κ1) is 22.7. The molecule has 0 N–H and O–H groups in total. The maximum atomic E-state index is 13.2. The highest BCUT2D eigenvalue weighted by atomic mass is 32.1. The Bertz CT molecular complexity index is 1040. The van der Waals surface area contributed by atoms with Gasteiger partial charge < -0.3 is 0 Å². The number of anilines is 1. The van der Waals surface area contributed by atoms with Crippen LogP contribution >= 0.6 is 11.3 Å². The van der Waals surface area contributed by atoms with Gasteiger partial charge in [0.05, 0.1) is 5.69 Å². The van der Waals surface area contributed by atoms with Gasteiger partial charge in [-0.25, -0.2) is 4.98 Å². The van der Waals surface area contributed by atoms with Gasteiger partial charge in [-0.05, 0) is 54.4 Å². The standard InChI is InChI=1S/C28H34N2OS/c1-5-30(26(31)23-15-17-24(18-16-23)28(2,3)4)27-29-25(19-32-27)22-13-11-21(12-14-22)20-9-7-6-8-10-20/h11-20H,5-10H2,1-4H3. The molecule has 168 valence electrons. The molecule has 1 aliphatic carbocycles. The molecule has 0 radical (unpaired) electrons. The van der Waals surface area contributed by atoms with Crippen molar-refractivity contribution >= 4 is 22.4 Å². The van der Waals surface area contributed by atoms with Crippen molar-refractivity contribution in [1.29, 1.82) is 0 Å². The summed E-state index contributed by atoms with van der Waals surface area (Å²) >= 11 is 1.53. The fourth-order valence-electron chi connectivity index (χ4n) is 4.52. The van der Waals surface area contributed by atoms with Crippen LogP contribution in [0.25, 0.3) is 11.3 Å². The molecule has 1 saturated carbocycles. The molecule has 1 aliphatic rings. The van der Waals surface area contributed by atoms with Crippen molar-refractivity contribution in [2.24, 2.45) is 0 Å². The maximum absolute atomic E-state index is 13.2. The van der Waals surface area contributed by atoms with Crippen LogP contribution in [0.3, 0.4) is 0 Å². The number of nitrogens with zero attached hydrogens (tertiary/aromatic N) is 2. The number of thiazole rings is 1. The Morgan fingerprint density at radius 1 is 1.00 bits per heavy atom. The summed E-state index contributed by atoms with van der Waals surface area (Å²) in [6.07, 6.45) is 6.70. The minimum absolute atomic E-state index is 0.00139. The number of hydrogen-bond donors (Lipinski definition) is 0. The average Bonchev–Trinajstić information content (AvgIpc) is 3.29. The minimum atomic E-state index is 0.00139. The quantitative estimate of drug-likeness (QED) is 0.400. The molecular weight excluding hydrogens is 412 g/mol. The largest absolute Gasteiger partial charge is 0.284 e. The fourth-order valence-corrected chi connectivity index (χ4v) is 5.41. The zero-order valence-corrected chi connectivity index (χ0v) is 20.5. The molecule has 4 heteroatoms. The molecule has 0 atom stereocenters. The Morgan fingerprint density at radius 3 is 2.25 bits per heavy atom. The third kappa shape index (κ3) is 4.96. The number of aromatic nitrogens is 1. The second kappa shape index (κ2) is 9.58. The number of hydrogen-bond acceptors (Lipinski definition) is 3. The highest BCUT2D eigenvalue weighted by Crippen LogP contribution is 2.34. The van der Waals surface area contributed by atoms with Gasteiger partial charge in [-0.15, -0.1) is 11.3 Å². The molecule has 32 heavy (non-hydrogen) atoms. The van der Waals surface area contributed by atoms with E-state index in [1.165, 1.54) is 54.6 Å². The monoisotopic (exact) mass is 446 g/mol. The molecule has 0 saturated heterocycles. The molecule has 1 aromatic heterocycles. The van der Waals surface area contributed by atoms with Crippen molar-refractivity contribution in [1.82, 2.24) is 4.98 Å². The molecule has 4 rings (SSSR count). The molecule has 3 aromatic rings. The van der Waals surface area contributed by atoms with Crippen molar-refractivity contribution in [3.63, 3.8) is 0 Å². The topological polar surface area (TPSA) is 33.2 Å². The molecular formula is C28H34N2OS. The van der Waals surface area contributed by atoms with Crippen LogP contribution in [0.1, 0.15) is 87.2 Å². The predicted octanol–water partition coefficient (Wildman–Crippen LogP) is 7.82. The van der Waals surface area contributed by atoms with Gasteiger partial charge in [-0.1, -0.05) is 76.4 Å². The minimum Gasteiger partial charge on any atom is -0.284 e. The van der Waals surface area contributed by atoms with E-state index in [1.54, 1.807) is 4.90 Å². The summed E-state index contributed by atoms with van der Waals surface area (Å²) in [5, 5.41) is 2.81. The number of amides is 1. The van der Waals surface area contributed by atoms with Gasteiger partial charge >= 0.3 is 0 Å². The zero-order chi connectivity index (χ0) is 22.7. The number of carbonyl (C=O) groups is 1. The lowest BCUT2D eigenvalue weighted by molar-refractivity contribution is 0.0988. The Kier molecular flexibility index (Phi) is 6.80. The number of benzene rings is 2. The maximum Gasteiger partial charge on any atom is 0.260 e. The van der Waals surface area contributed by atoms with Crippen LogP contribution in [0, 0.1) is 0 Å². The Hall–Kier alpha value is -2.46. The molecule has 0 aliphatic heterocycles. The Morgan fingerprint density at radius 2 is 1.66 bits per heavy atom. The molecule has 0 spiro atoms. The van der Waals surface area contributed by atoms with Crippen LogP contribution in [0.15, 0.2) is 53.9 Å². The molecule has 0 unspecified atom stereocenters. The van der Waals surface area contributed by atoms with Gasteiger partial charge in [-0.2, -0.15) is 0 Å². The van der Waals surface area contributed by atoms with Crippen molar-refractivity contribution in [2.45, 2.75) is 71.1 Å². The highest BCUT2D eigenvalue weighted by molar-refractivity contribution is 7.14. The molecule has 0 bridgehead atoms. The molecule has 1 amide bonds. The van der Waals surface area contributed by atoms with E-state index in [-0.39, 0.29) is 11.3 Å². The second-order valence-electron chi connectivity index (χ2n) is 9.85. The molecule has 2 aromatic carbocycles. The number of rotatable bonds is 5. The second-order valence-corrected chi connectivity index (χ2v) is 10.7. The smallest absolute Gasteiger partial charge is 0.260 e. The van der Waals surface area contributed by atoms with Crippen LogP contribution < -0.4 is 4.90 Å². The van der Waals surface area contributed by atoms with Crippen LogP contribution in [0.5, 0.6) is 0 Å². The first-order valence-corrected chi connectivity index (χ1v) is 12.7. The fraction of sp³-hybridized carbons (Fsp3) is 0.429. The first-order valence-electron chi connectivity index (χ1n) is 11.8. The Balaban J connectivity index is 1.50. The highest BCUT2D eigenvalue weighted by Gasteiger charge is 2.21. The average molecular weight is 447 g/mol. The lowest BCUT2D eigenvalue weighted by Gasteiger charge is -2.22. The summed E-state index contributed by atoms with van der Waals surface area (Å²) in [4.78, 5) is 19.8. The normalized spacial score (nSPS) is 15.0. The molecule has 3 nitrogen and oxygen atoms in total. The van der Waals surface area contributed by atoms with Crippen LogP contribution in [-0.2, 0) is 5.41 Å². The van der Waals surface area contributed by atoms with Crippen molar-refractivity contribution in [3.8, 4) is 11.3 Å². The summed E-state index contributed by atoms with van der Waals surface area (Å²) in [5.41, 5.74) is 5.51.